The van der Waals surface area contributed by atoms with Gasteiger partial charge in [0.15, 0.2) is 0 Å². The molecule has 2 amide bonds. The molecule has 1 aliphatic carbocycles. The van der Waals surface area contributed by atoms with E-state index in [1.165, 1.54) is 4.31 Å². The van der Waals surface area contributed by atoms with E-state index in [0.29, 0.717) is 24.0 Å². The summed E-state index contributed by atoms with van der Waals surface area (Å²) in [5.74, 6) is -0.822. The maximum Gasteiger partial charge on any atom is 0.394 e. The number of rotatable bonds is 4. The Kier molecular flexibility index (Phi) is 6.31. The van der Waals surface area contributed by atoms with Crippen LogP contribution >= 0.6 is 0 Å². The highest BCUT2D eigenvalue weighted by molar-refractivity contribution is 7.82. The Morgan fingerprint density at radius 2 is 1.84 bits per heavy atom. The number of carbonyl (C=O) groups is 1. The van der Waals surface area contributed by atoms with Crippen molar-refractivity contribution in [2.45, 2.75) is 48.9 Å². The number of nitrogens with zero attached hydrogens (tertiary/aromatic N) is 3. The van der Waals surface area contributed by atoms with E-state index >= 15 is 0 Å². The number of hydrogen-bond donors (Lipinski definition) is 1. The molecule has 4 aliphatic heterocycles. The first kappa shape index (κ1) is 25.2. The number of alkyl halides is 3. The quantitative estimate of drug-likeness (QED) is 0.640. The fourth-order valence-electron chi connectivity index (χ4n) is 6.62. The Bertz CT molecular complexity index is 1080. The van der Waals surface area contributed by atoms with Crippen LogP contribution in [0.4, 0.5) is 18.0 Å². The molecule has 0 radical (unpaired) electrons. The highest BCUT2D eigenvalue weighted by Crippen LogP contribution is 2.53. The van der Waals surface area contributed by atoms with Crippen LogP contribution in [0, 0.1) is 17.3 Å². The predicted molar refractivity (Wildman–Crippen MR) is 132 cm³/mol. The number of hydrogen-bond acceptors (Lipinski definition) is 4. The first-order valence-electron chi connectivity index (χ1n) is 13.0. The summed E-state index contributed by atoms with van der Waals surface area (Å²) in [6, 6.07) is 7.67. The van der Waals surface area contributed by atoms with Crippen molar-refractivity contribution in [3.63, 3.8) is 0 Å². The van der Waals surface area contributed by atoms with Crippen molar-refractivity contribution in [2.24, 2.45) is 17.3 Å². The molecule has 5 fully saturated rings. The largest absolute Gasteiger partial charge is 0.394 e. The standard InChI is InChI=1S/C26H33F3N4O3S/c1-17-14-36-23-6-7-31(13-22(23)30-17)24(34)32-15-25(16-32)9-19(10-25)8-18-2-4-21(5-3-18)37(35)33-11-20(12-33)26(27,28)29/h2-5,19-20,22-23,30H,1,6-16H2/t22-,23+,37?/m1/s1. The maximum absolute atomic E-state index is 13.0. The molecule has 4 saturated heterocycles. The highest BCUT2D eigenvalue weighted by Gasteiger charge is 2.54. The zero-order chi connectivity index (χ0) is 25.9. The van der Waals surface area contributed by atoms with Crippen LogP contribution < -0.4 is 5.32 Å². The van der Waals surface area contributed by atoms with Crippen LogP contribution in [0.1, 0.15) is 24.8 Å². The average molecular weight is 539 g/mol. The molecule has 5 aliphatic rings. The number of nitrogens with one attached hydrogen (secondary N) is 1. The van der Waals surface area contributed by atoms with Gasteiger partial charge in [0, 0.05) is 50.4 Å². The van der Waals surface area contributed by atoms with Crippen molar-refractivity contribution < 1.29 is 26.9 Å². The second kappa shape index (κ2) is 9.27. The van der Waals surface area contributed by atoms with Crippen molar-refractivity contribution in [1.82, 2.24) is 19.4 Å². The van der Waals surface area contributed by atoms with Crippen LogP contribution in [0.15, 0.2) is 41.4 Å². The molecule has 3 atom stereocenters. The smallest absolute Gasteiger partial charge is 0.380 e. The third-order valence-electron chi connectivity index (χ3n) is 8.64. The van der Waals surface area contributed by atoms with E-state index in [1.807, 2.05) is 21.9 Å². The Hall–Kier alpha value is -2.11. The summed E-state index contributed by atoms with van der Waals surface area (Å²) in [7, 11) is -1.55. The lowest BCUT2D eigenvalue weighted by molar-refractivity contribution is -0.197. The van der Waals surface area contributed by atoms with E-state index in [4.69, 9.17) is 4.74 Å². The zero-order valence-corrected chi connectivity index (χ0v) is 21.5. The number of halogens is 3. The summed E-state index contributed by atoms with van der Waals surface area (Å²) in [4.78, 5) is 17.5. The molecule has 11 heteroatoms. The first-order valence-corrected chi connectivity index (χ1v) is 14.1. The molecule has 1 unspecified atom stereocenters. The molecule has 4 heterocycles. The number of ether oxygens (including phenoxy) is 1. The SMILES string of the molecule is C=C1CO[C@H]2CCN(C(=O)N3CC4(CC(Cc5ccc(S(=O)N6CC(C(F)(F)F)C6)cc5)C4)C3)C[C@H]2N1. The summed E-state index contributed by atoms with van der Waals surface area (Å²) in [5.41, 5.74) is 2.26. The lowest BCUT2D eigenvalue weighted by Crippen LogP contribution is -2.68. The molecule has 1 spiro atoms. The first-order chi connectivity index (χ1) is 17.6. The van der Waals surface area contributed by atoms with Gasteiger partial charge in [-0.3, -0.25) is 0 Å². The van der Waals surface area contributed by atoms with Crippen LogP contribution in [0.25, 0.3) is 0 Å². The fourth-order valence-corrected chi connectivity index (χ4v) is 7.92. The summed E-state index contributed by atoms with van der Waals surface area (Å²) in [5, 5.41) is 3.38. The number of likely N-dealkylation sites (tertiary alicyclic amines) is 2. The normalized spacial score (nSPS) is 29.1. The van der Waals surface area contributed by atoms with Crippen LogP contribution in [0.5, 0.6) is 0 Å². The van der Waals surface area contributed by atoms with Gasteiger partial charge in [0.05, 0.1) is 29.6 Å². The summed E-state index contributed by atoms with van der Waals surface area (Å²) < 4.78 is 57.8. The zero-order valence-electron chi connectivity index (χ0n) is 20.7. The minimum Gasteiger partial charge on any atom is -0.380 e. The van der Waals surface area contributed by atoms with E-state index in [9.17, 15) is 22.2 Å². The van der Waals surface area contributed by atoms with Gasteiger partial charge in [0.2, 0.25) is 0 Å². The van der Waals surface area contributed by atoms with Crippen molar-refractivity contribution >= 4 is 17.0 Å². The minimum atomic E-state index is -4.22. The number of fused-ring (bicyclic) bond motifs is 1. The Morgan fingerprint density at radius 3 is 2.51 bits per heavy atom. The maximum atomic E-state index is 13.0. The van der Waals surface area contributed by atoms with E-state index < -0.39 is 23.1 Å². The number of morpholine rings is 1. The van der Waals surface area contributed by atoms with E-state index in [1.54, 1.807) is 12.1 Å². The monoisotopic (exact) mass is 538 g/mol. The lowest BCUT2D eigenvalue weighted by Gasteiger charge is -2.60. The fraction of sp³-hybridized carbons (Fsp3) is 0.654. The van der Waals surface area contributed by atoms with Gasteiger partial charge < -0.3 is 19.9 Å². The molecule has 1 aromatic carbocycles. The lowest BCUT2D eigenvalue weighted by atomic mass is 9.56. The van der Waals surface area contributed by atoms with Gasteiger partial charge in [-0.2, -0.15) is 13.2 Å². The van der Waals surface area contributed by atoms with Gasteiger partial charge in [-0.25, -0.2) is 13.3 Å². The molecule has 202 valence electrons. The van der Waals surface area contributed by atoms with Crippen molar-refractivity contribution in [2.75, 3.05) is 45.9 Å². The van der Waals surface area contributed by atoms with Gasteiger partial charge in [0.25, 0.3) is 0 Å². The van der Waals surface area contributed by atoms with E-state index in [0.717, 1.165) is 56.6 Å². The summed E-state index contributed by atoms with van der Waals surface area (Å²) in [6.07, 6.45) is -0.113. The van der Waals surface area contributed by atoms with Gasteiger partial charge >= 0.3 is 12.2 Å². The van der Waals surface area contributed by atoms with E-state index in [2.05, 4.69) is 11.9 Å². The molecular formula is C26H33F3N4O3S. The molecule has 7 nitrogen and oxygen atoms in total. The average Bonchev–Trinajstić information content (AvgIpc) is 2.77. The van der Waals surface area contributed by atoms with Gasteiger partial charge in [0.1, 0.15) is 11.0 Å². The number of benzene rings is 1. The molecule has 37 heavy (non-hydrogen) atoms. The van der Waals surface area contributed by atoms with Crippen molar-refractivity contribution in [3.8, 4) is 0 Å². The molecule has 1 N–H and O–H groups in total. The Balaban J connectivity index is 0.933. The number of carbonyl (C=O) groups excluding carboxylic acids is 1. The third-order valence-corrected chi connectivity index (χ3v) is 10.1. The molecule has 0 aromatic heterocycles. The third kappa shape index (κ3) is 4.90. The highest BCUT2D eigenvalue weighted by atomic mass is 32.2. The van der Waals surface area contributed by atoms with Gasteiger partial charge in [-0.15, -0.1) is 0 Å². The van der Waals surface area contributed by atoms with Gasteiger partial charge in [-0.1, -0.05) is 18.7 Å². The van der Waals surface area contributed by atoms with Crippen LogP contribution in [-0.4, -0.2) is 88.5 Å². The second-order valence-electron chi connectivity index (χ2n) is 11.5. The van der Waals surface area contributed by atoms with Crippen molar-refractivity contribution in [3.05, 3.63) is 42.1 Å². The molecule has 6 rings (SSSR count). The van der Waals surface area contributed by atoms with Gasteiger partial charge in [-0.05, 0) is 49.3 Å². The molecule has 1 aromatic rings. The second-order valence-corrected chi connectivity index (χ2v) is 13.0. The van der Waals surface area contributed by atoms with E-state index in [-0.39, 0.29) is 36.7 Å². The summed E-state index contributed by atoms with van der Waals surface area (Å²) >= 11 is 0. The number of urea groups is 1. The minimum absolute atomic E-state index is 0.119. The predicted octanol–water partition coefficient (Wildman–Crippen LogP) is 3.15. The van der Waals surface area contributed by atoms with Crippen LogP contribution in [0.2, 0.25) is 0 Å². The van der Waals surface area contributed by atoms with Crippen LogP contribution in [0.3, 0.4) is 0 Å². The number of piperidine rings is 1. The Labute approximate surface area is 217 Å². The van der Waals surface area contributed by atoms with Crippen LogP contribution in [-0.2, 0) is 22.1 Å². The number of amides is 2. The van der Waals surface area contributed by atoms with Crippen molar-refractivity contribution in [1.29, 1.82) is 0 Å². The summed E-state index contributed by atoms with van der Waals surface area (Å²) in [6.45, 7) is 7.08. The topological polar surface area (TPSA) is 65.1 Å². The molecule has 0 bridgehead atoms. The molecule has 1 saturated carbocycles. The molecular weight excluding hydrogens is 505 g/mol. The Morgan fingerprint density at radius 1 is 1.14 bits per heavy atom.